The van der Waals surface area contributed by atoms with Gasteiger partial charge in [0.1, 0.15) is 5.75 Å². The highest BCUT2D eigenvalue weighted by Crippen LogP contribution is 2.26. The maximum absolute atomic E-state index is 12.5. The highest BCUT2D eigenvalue weighted by molar-refractivity contribution is 9.10. The molecule has 0 saturated carbocycles. The minimum atomic E-state index is -3.59. The summed E-state index contributed by atoms with van der Waals surface area (Å²) in [5.41, 5.74) is 0.546. The first-order chi connectivity index (χ1) is 9.45. The number of nitrogens with zero attached hydrogens (tertiary/aromatic N) is 1. The Morgan fingerprint density at radius 3 is 2.45 bits per heavy atom. The van der Waals surface area contributed by atoms with E-state index in [9.17, 15) is 8.42 Å². The average Bonchev–Trinajstić information content (AvgIpc) is 2.46. The van der Waals surface area contributed by atoms with Crippen LogP contribution < -0.4 is 9.04 Å². The third kappa shape index (κ3) is 2.96. The Morgan fingerprint density at radius 1 is 1.10 bits per heavy atom. The summed E-state index contributed by atoms with van der Waals surface area (Å²) in [4.78, 5) is 0.234. The summed E-state index contributed by atoms with van der Waals surface area (Å²) >= 11 is 3.28. The molecule has 106 valence electrons. The molecule has 0 atom stereocenters. The van der Waals surface area contributed by atoms with Crippen molar-refractivity contribution in [1.29, 1.82) is 0 Å². The lowest BCUT2D eigenvalue weighted by molar-refractivity contribution is 0.415. The first-order valence-corrected chi connectivity index (χ1v) is 8.07. The van der Waals surface area contributed by atoms with Crippen LogP contribution in [0, 0.1) is 0 Å². The van der Waals surface area contributed by atoms with Crippen molar-refractivity contribution in [3.8, 4) is 5.75 Å². The van der Waals surface area contributed by atoms with Crippen LogP contribution in [0.4, 0.5) is 5.69 Å². The molecule has 0 fully saturated rings. The van der Waals surface area contributed by atoms with Crippen LogP contribution in [-0.2, 0) is 10.0 Å². The normalized spacial score (nSPS) is 11.2. The molecule has 0 amide bonds. The molecule has 0 saturated heterocycles. The van der Waals surface area contributed by atoms with E-state index in [0.717, 1.165) is 4.47 Å². The summed E-state index contributed by atoms with van der Waals surface area (Å²) < 4.78 is 32.2. The largest absolute Gasteiger partial charge is 0.497 e. The van der Waals surface area contributed by atoms with Crippen LogP contribution in [0.15, 0.2) is 57.9 Å². The minimum Gasteiger partial charge on any atom is -0.497 e. The summed E-state index contributed by atoms with van der Waals surface area (Å²) in [6.45, 7) is 0. The fourth-order valence-corrected chi connectivity index (χ4v) is 3.52. The number of benzene rings is 2. The molecule has 0 aliphatic rings. The molecule has 0 aliphatic carbocycles. The molecule has 2 aromatic carbocycles. The lowest BCUT2D eigenvalue weighted by atomic mass is 10.3. The quantitative estimate of drug-likeness (QED) is 0.845. The molecule has 0 N–H and O–H groups in total. The summed E-state index contributed by atoms with van der Waals surface area (Å²) in [6, 6.07) is 13.5. The number of anilines is 1. The van der Waals surface area contributed by atoms with Gasteiger partial charge in [0.15, 0.2) is 0 Å². The second-order valence-electron chi connectivity index (χ2n) is 4.13. The Kier molecular flexibility index (Phi) is 4.35. The van der Waals surface area contributed by atoms with Crippen molar-refractivity contribution >= 4 is 31.6 Å². The summed E-state index contributed by atoms with van der Waals surface area (Å²) in [5, 5.41) is 0. The SMILES string of the molecule is COc1cccc(N(C)S(=O)(=O)c2cccc(Br)c2)c1. The molecule has 2 rings (SSSR count). The molecular weight excluding hydrogens is 342 g/mol. The van der Waals surface area contributed by atoms with Gasteiger partial charge in [-0.15, -0.1) is 0 Å². The molecule has 0 aromatic heterocycles. The van der Waals surface area contributed by atoms with Crippen molar-refractivity contribution in [2.45, 2.75) is 4.90 Å². The average molecular weight is 356 g/mol. The van der Waals surface area contributed by atoms with Crippen LogP contribution in [0.25, 0.3) is 0 Å². The van der Waals surface area contributed by atoms with Crippen LogP contribution in [0.1, 0.15) is 0 Å². The van der Waals surface area contributed by atoms with E-state index in [-0.39, 0.29) is 4.90 Å². The Bertz CT molecular complexity index is 716. The lowest BCUT2D eigenvalue weighted by Gasteiger charge is -2.20. The van der Waals surface area contributed by atoms with Gasteiger partial charge < -0.3 is 4.74 Å². The molecular formula is C14H14BrNO3S. The number of hydrogen-bond acceptors (Lipinski definition) is 3. The maximum Gasteiger partial charge on any atom is 0.264 e. The monoisotopic (exact) mass is 355 g/mol. The van der Waals surface area contributed by atoms with Gasteiger partial charge in [-0.1, -0.05) is 28.1 Å². The maximum atomic E-state index is 12.5. The van der Waals surface area contributed by atoms with E-state index in [1.54, 1.807) is 55.6 Å². The number of hydrogen-bond donors (Lipinski definition) is 0. The predicted molar refractivity (Wildman–Crippen MR) is 82.7 cm³/mol. The van der Waals surface area contributed by atoms with Crippen LogP contribution in [0.2, 0.25) is 0 Å². The van der Waals surface area contributed by atoms with Crippen molar-refractivity contribution in [3.63, 3.8) is 0 Å². The first kappa shape index (κ1) is 14.9. The van der Waals surface area contributed by atoms with Gasteiger partial charge in [0.05, 0.1) is 17.7 Å². The molecule has 0 aliphatic heterocycles. The van der Waals surface area contributed by atoms with Crippen molar-refractivity contribution < 1.29 is 13.2 Å². The van der Waals surface area contributed by atoms with Crippen LogP contribution in [0.3, 0.4) is 0 Å². The van der Waals surface area contributed by atoms with Gasteiger partial charge in [0.25, 0.3) is 10.0 Å². The smallest absolute Gasteiger partial charge is 0.264 e. The molecule has 20 heavy (non-hydrogen) atoms. The summed E-state index contributed by atoms with van der Waals surface area (Å²) in [6.07, 6.45) is 0. The third-order valence-electron chi connectivity index (χ3n) is 2.87. The zero-order valence-corrected chi connectivity index (χ0v) is 13.5. The van der Waals surface area contributed by atoms with E-state index in [2.05, 4.69) is 15.9 Å². The van der Waals surface area contributed by atoms with Crippen LogP contribution in [-0.4, -0.2) is 22.6 Å². The van der Waals surface area contributed by atoms with E-state index < -0.39 is 10.0 Å². The van der Waals surface area contributed by atoms with Gasteiger partial charge in [-0.3, -0.25) is 4.31 Å². The second kappa shape index (κ2) is 5.85. The van der Waals surface area contributed by atoms with Gasteiger partial charge in [0.2, 0.25) is 0 Å². The number of methoxy groups -OCH3 is 1. The molecule has 0 unspecified atom stereocenters. The van der Waals surface area contributed by atoms with E-state index in [4.69, 9.17) is 4.74 Å². The van der Waals surface area contributed by atoms with Gasteiger partial charge in [-0.2, -0.15) is 0 Å². The van der Waals surface area contributed by atoms with Gasteiger partial charge in [0, 0.05) is 17.6 Å². The number of sulfonamides is 1. The van der Waals surface area contributed by atoms with Gasteiger partial charge in [-0.05, 0) is 30.3 Å². The van der Waals surface area contributed by atoms with Crippen molar-refractivity contribution in [2.75, 3.05) is 18.5 Å². The predicted octanol–water partition coefficient (Wildman–Crippen LogP) is 3.28. The number of ether oxygens (including phenoxy) is 1. The summed E-state index contributed by atoms with van der Waals surface area (Å²) in [7, 11) is -0.529. The van der Waals surface area contributed by atoms with Gasteiger partial charge >= 0.3 is 0 Å². The van der Waals surface area contributed by atoms with Crippen molar-refractivity contribution in [1.82, 2.24) is 0 Å². The van der Waals surface area contributed by atoms with Crippen LogP contribution in [0.5, 0.6) is 5.75 Å². The molecule has 0 heterocycles. The molecule has 2 aromatic rings. The zero-order chi connectivity index (χ0) is 14.8. The Labute approximate surface area is 127 Å². The van der Waals surface area contributed by atoms with E-state index in [0.29, 0.717) is 11.4 Å². The van der Waals surface area contributed by atoms with E-state index >= 15 is 0 Å². The standard InChI is InChI=1S/C14H14BrNO3S/c1-16(12-6-4-7-13(10-12)19-2)20(17,18)14-8-3-5-11(15)9-14/h3-10H,1-2H3. The van der Waals surface area contributed by atoms with Crippen LogP contribution >= 0.6 is 15.9 Å². The van der Waals surface area contributed by atoms with Gasteiger partial charge in [-0.25, -0.2) is 8.42 Å². The lowest BCUT2D eigenvalue weighted by Crippen LogP contribution is -2.26. The topological polar surface area (TPSA) is 46.6 Å². The molecule has 0 radical (unpaired) electrons. The highest BCUT2D eigenvalue weighted by atomic mass is 79.9. The Morgan fingerprint density at radius 2 is 1.80 bits per heavy atom. The molecule has 0 bridgehead atoms. The fourth-order valence-electron chi connectivity index (χ4n) is 1.73. The Balaban J connectivity index is 2.43. The third-order valence-corrected chi connectivity index (χ3v) is 5.15. The fraction of sp³-hybridized carbons (Fsp3) is 0.143. The van der Waals surface area contributed by atoms with E-state index in [1.165, 1.54) is 11.4 Å². The molecule has 6 heteroatoms. The summed E-state index contributed by atoms with van der Waals surface area (Å²) in [5.74, 6) is 0.610. The first-order valence-electron chi connectivity index (χ1n) is 5.83. The molecule has 4 nitrogen and oxygen atoms in total. The van der Waals surface area contributed by atoms with Crippen molar-refractivity contribution in [2.24, 2.45) is 0 Å². The zero-order valence-electron chi connectivity index (χ0n) is 11.1. The second-order valence-corrected chi connectivity index (χ2v) is 7.02. The number of rotatable bonds is 4. The molecule has 0 spiro atoms. The number of halogens is 1. The van der Waals surface area contributed by atoms with E-state index in [1.807, 2.05) is 0 Å². The van der Waals surface area contributed by atoms with Crippen molar-refractivity contribution in [3.05, 3.63) is 53.0 Å². The minimum absolute atomic E-state index is 0.234. The Hall–Kier alpha value is -1.53. The highest BCUT2D eigenvalue weighted by Gasteiger charge is 2.21.